The van der Waals surface area contributed by atoms with Gasteiger partial charge in [-0.25, -0.2) is 0 Å². The van der Waals surface area contributed by atoms with Crippen molar-refractivity contribution in [3.05, 3.63) is 97.1 Å². The molecule has 0 saturated heterocycles. The van der Waals surface area contributed by atoms with Gasteiger partial charge in [0.25, 0.3) is 0 Å². The van der Waals surface area contributed by atoms with Gasteiger partial charge in [-0.15, -0.1) is 0 Å². The second kappa shape index (κ2) is 6.28. The van der Waals surface area contributed by atoms with Gasteiger partial charge in [-0.1, -0.05) is 98.2 Å². The summed E-state index contributed by atoms with van der Waals surface area (Å²) >= 11 is 0. The molecule has 166 valence electrons. The maximum Gasteiger partial charge on any atom is 0.249 e. The summed E-state index contributed by atoms with van der Waals surface area (Å²) in [5.74, 6) is 0. The molecule has 0 radical (unpaired) electrons. The molecule has 6 aromatic carbocycles. The van der Waals surface area contributed by atoms with Crippen LogP contribution in [0.4, 0.5) is 0 Å². The van der Waals surface area contributed by atoms with Gasteiger partial charge in [-0.2, -0.15) is 0 Å². The van der Waals surface area contributed by atoms with Crippen LogP contribution in [0.25, 0.3) is 71.3 Å². The van der Waals surface area contributed by atoms with Gasteiger partial charge in [-0.3, -0.25) is 0 Å². The van der Waals surface area contributed by atoms with Crippen molar-refractivity contribution in [1.29, 1.82) is 0 Å². The number of benzene rings is 6. The van der Waals surface area contributed by atoms with Crippen molar-refractivity contribution in [2.24, 2.45) is 0 Å². The highest BCUT2D eigenvalue weighted by molar-refractivity contribution is 7.03. The molecule has 0 fully saturated rings. The van der Waals surface area contributed by atoms with Crippen molar-refractivity contribution in [2.75, 3.05) is 0 Å². The van der Waals surface area contributed by atoms with E-state index in [1.165, 1.54) is 87.7 Å². The van der Waals surface area contributed by atoms with Crippen LogP contribution in [0.1, 0.15) is 13.8 Å². The van der Waals surface area contributed by atoms with E-state index < -0.39 is 0 Å². The lowest BCUT2D eigenvalue weighted by Crippen LogP contribution is -2.60. The quantitative estimate of drug-likeness (QED) is 0.219. The van der Waals surface area contributed by atoms with Crippen molar-refractivity contribution in [3.8, 4) is 27.9 Å². The van der Waals surface area contributed by atoms with Crippen LogP contribution in [0.15, 0.2) is 97.1 Å². The van der Waals surface area contributed by atoms with Gasteiger partial charge in [-0.05, 0) is 72.9 Å². The summed E-state index contributed by atoms with van der Waals surface area (Å²) < 4.78 is 2.57. The number of nitrogens with zero attached hydrogens (tertiary/aromatic N) is 1. The minimum absolute atomic E-state index is 0.276. The van der Waals surface area contributed by atoms with Crippen LogP contribution < -0.4 is 16.4 Å². The van der Waals surface area contributed by atoms with E-state index in [-0.39, 0.29) is 6.71 Å². The highest BCUT2D eigenvalue weighted by Gasteiger charge is 2.44. The third-order valence-corrected chi connectivity index (χ3v) is 8.69. The van der Waals surface area contributed by atoms with E-state index in [2.05, 4.69) is 102 Å². The van der Waals surface area contributed by atoms with Crippen molar-refractivity contribution in [1.82, 2.24) is 4.57 Å². The van der Waals surface area contributed by atoms with Gasteiger partial charge in [0.15, 0.2) is 0 Å². The van der Waals surface area contributed by atoms with Gasteiger partial charge in [0.1, 0.15) is 0 Å². The average molecular weight is 455 g/mol. The van der Waals surface area contributed by atoms with Gasteiger partial charge in [0.05, 0.1) is 11.0 Å². The lowest BCUT2D eigenvalue weighted by Gasteiger charge is -2.38. The third kappa shape index (κ3) is 1.89. The standard InChI is InChI=1S/C32H16BN.C2H6/c1-2-13-25-19(8-1)24-16-18-7-4-10-21-23-12-5-11-22-20-9-3-6-17-14-15-26-30(27(17)20)33(29(22)23)31(28(18)21)32(24)34(25)26;1-2/h1-16H;1-2H3. The van der Waals surface area contributed by atoms with Crippen molar-refractivity contribution >= 4 is 66.5 Å². The summed E-state index contributed by atoms with van der Waals surface area (Å²) in [5.41, 5.74) is 14.1. The van der Waals surface area contributed by atoms with Crippen LogP contribution >= 0.6 is 0 Å². The van der Waals surface area contributed by atoms with Crippen LogP contribution in [0.3, 0.4) is 0 Å². The first kappa shape index (κ1) is 19.0. The summed E-state index contributed by atoms with van der Waals surface area (Å²) in [5, 5.41) is 8.29. The Kier molecular flexibility index (Phi) is 3.31. The second-order valence-corrected chi connectivity index (χ2v) is 10.0. The summed E-state index contributed by atoms with van der Waals surface area (Å²) in [7, 11) is 0. The van der Waals surface area contributed by atoms with E-state index in [1.54, 1.807) is 0 Å². The number of hydrogen-bond acceptors (Lipinski definition) is 0. The van der Waals surface area contributed by atoms with E-state index in [0.717, 1.165) is 0 Å². The number of aromatic nitrogens is 1. The van der Waals surface area contributed by atoms with Crippen LogP contribution in [0.5, 0.6) is 0 Å². The zero-order valence-corrected chi connectivity index (χ0v) is 20.3. The summed E-state index contributed by atoms with van der Waals surface area (Å²) in [6, 6.07) is 36.7. The summed E-state index contributed by atoms with van der Waals surface area (Å²) in [6.45, 7) is 4.28. The van der Waals surface area contributed by atoms with Crippen LogP contribution in [-0.4, -0.2) is 11.3 Å². The molecule has 0 amide bonds. The van der Waals surface area contributed by atoms with Crippen molar-refractivity contribution in [2.45, 2.75) is 13.8 Å². The Morgan fingerprint density at radius 3 is 2.00 bits per heavy atom. The van der Waals surface area contributed by atoms with Gasteiger partial charge in [0, 0.05) is 16.5 Å². The van der Waals surface area contributed by atoms with Crippen molar-refractivity contribution in [3.63, 3.8) is 0 Å². The number of hydrogen-bond donors (Lipinski definition) is 0. The van der Waals surface area contributed by atoms with Crippen LogP contribution in [-0.2, 0) is 0 Å². The second-order valence-electron chi connectivity index (χ2n) is 10.0. The molecule has 7 aromatic rings. The fourth-order valence-electron chi connectivity index (χ4n) is 7.58. The van der Waals surface area contributed by atoms with E-state index in [0.29, 0.717) is 0 Å². The lowest BCUT2D eigenvalue weighted by molar-refractivity contribution is 1.19. The predicted octanol–water partition coefficient (Wildman–Crippen LogP) is 6.91. The average Bonchev–Trinajstić information content (AvgIpc) is 3.28. The molecule has 36 heavy (non-hydrogen) atoms. The molecule has 0 atom stereocenters. The fraction of sp³-hybridized carbons (Fsp3) is 0.0588. The Labute approximate surface area is 209 Å². The SMILES string of the molecule is CC.c1cc2c3c(c1)-c1cccc4cc5c6ccccc6n6c5c(c14)B3c1c-6ccc3cccc-2c13. The molecule has 0 spiro atoms. The number of rotatable bonds is 0. The normalized spacial score (nSPS) is 13.2. The molecule has 4 heterocycles. The molecule has 2 heteroatoms. The fourth-order valence-corrected chi connectivity index (χ4v) is 7.58. The zero-order valence-electron chi connectivity index (χ0n) is 20.3. The van der Waals surface area contributed by atoms with Crippen LogP contribution in [0, 0.1) is 0 Å². The first-order valence-electron chi connectivity index (χ1n) is 13.1. The molecule has 1 nitrogen and oxygen atoms in total. The van der Waals surface area contributed by atoms with Gasteiger partial charge in [0.2, 0.25) is 6.71 Å². The highest BCUT2D eigenvalue weighted by atomic mass is 15.0. The van der Waals surface area contributed by atoms with E-state index in [1.807, 2.05) is 13.8 Å². The predicted molar refractivity (Wildman–Crippen MR) is 156 cm³/mol. The zero-order chi connectivity index (χ0) is 23.7. The lowest BCUT2D eigenvalue weighted by atomic mass is 9.30. The minimum Gasteiger partial charge on any atom is -0.310 e. The van der Waals surface area contributed by atoms with E-state index in [9.17, 15) is 0 Å². The minimum atomic E-state index is 0.276. The topological polar surface area (TPSA) is 4.93 Å². The van der Waals surface area contributed by atoms with Gasteiger partial charge >= 0.3 is 0 Å². The monoisotopic (exact) mass is 455 g/mol. The highest BCUT2D eigenvalue weighted by Crippen LogP contribution is 2.44. The summed E-state index contributed by atoms with van der Waals surface area (Å²) in [4.78, 5) is 0. The number of para-hydroxylation sites is 1. The molecule has 0 aliphatic carbocycles. The molecule has 0 bridgehead atoms. The largest absolute Gasteiger partial charge is 0.310 e. The molecule has 3 aliphatic rings. The molecule has 0 saturated carbocycles. The van der Waals surface area contributed by atoms with E-state index >= 15 is 0 Å². The third-order valence-electron chi connectivity index (χ3n) is 8.69. The Bertz CT molecular complexity index is 2130. The Balaban J connectivity index is 0.000000947. The molecule has 3 aliphatic heterocycles. The van der Waals surface area contributed by atoms with Gasteiger partial charge < -0.3 is 4.57 Å². The maximum absolute atomic E-state index is 2.57. The maximum atomic E-state index is 2.57. The van der Waals surface area contributed by atoms with E-state index in [4.69, 9.17) is 0 Å². The summed E-state index contributed by atoms with van der Waals surface area (Å²) in [6.07, 6.45) is 0. The molecular weight excluding hydrogens is 433 g/mol. The molecule has 10 rings (SSSR count). The Morgan fingerprint density at radius 2 is 1.19 bits per heavy atom. The first-order valence-corrected chi connectivity index (χ1v) is 13.1. The molecular formula is C34H22BN. The number of fused-ring (bicyclic) bond motifs is 6. The Hall–Kier alpha value is -4.30. The van der Waals surface area contributed by atoms with Crippen LogP contribution in [0.2, 0.25) is 0 Å². The smallest absolute Gasteiger partial charge is 0.249 e. The molecule has 0 N–H and O–H groups in total. The first-order chi connectivity index (χ1) is 17.9. The molecule has 0 unspecified atom stereocenters. The molecule has 1 aromatic heterocycles. The Morgan fingerprint density at radius 1 is 0.528 bits per heavy atom. The van der Waals surface area contributed by atoms with Crippen molar-refractivity contribution < 1.29 is 0 Å².